The molecule has 114 valence electrons. The second-order valence-electron chi connectivity index (χ2n) is 5.42. The number of benzene rings is 1. The number of ketones is 1. The molecule has 3 rings (SSSR count). The molecule has 0 saturated carbocycles. The minimum atomic E-state index is -4.30. The van der Waals surface area contributed by atoms with Crippen molar-refractivity contribution >= 4 is 45.6 Å². The zero-order valence-corrected chi connectivity index (χ0v) is 12.1. The van der Waals surface area contributed by atoms with Gasteiger partial charge in [0, 0.05) is 12.6 Å². The van der Waals surface area contributed by atoms with Gasteiger partial charge in [-0.3, -0.25) is 14.7 Å². The molecule has 2 aliphatic rings. The van der Waals surface area contributed by atoms with Gasteiger partial charge in [0.15, 0.2) is 5.78 Å². The van der Waals surface area contributed by atoms with E-state index in [0.29, 0.717) is 6.42 Å². The number of fused-ring (bicyclic) bond motifs is 1. The van der Waals surface area contributed by atoms with Crippen molar-refractivity contribution in [2.75, 3.05) is 6.54 Å². The Kier molecular flexibility index (Phi) is 4.99. The van der Waals surface area contributed by atoms with E-state index in [-0.39, 0.29) is 47.9 Å². The number of hydrogen-bond acceptors (Lipinski definition) is 4. The molecular weight excluding hydrogens is 315 g/mol. The van der Waals surface area contributed by atoms with Gasteiger partial charge in [-0.25, -0.2) is 0 Å². The summed E-state index contributed by atoms with van der Waals surface area (Å²) in [6, 6.07) is 8.80. The van der Waals surface area contributed by atoms with Crippen LogP contribution in [0.5, 0.6) is 0 Å². The van der Waals surface area contributed by atoms with Crippen molar-refractivity contribution in [2.45, 2.75) is 24.0 Å². The molecule has 2 aliphatic heterocycles. The van der Waals surface area contributed by atoms with Crippen molar-refractivity contribution in [1.82, 2.24) is 9.62 Å². The van der Waals surface area contributed by atoms with Crippen LogP contribution in [0.4, 0.5) is 0 Å². The normalized spacial score (nSPS) is 30.8. The van der Waals surface area contributed by atoms with Gasteiger partial charge >= 0.3 is 39.9 Å². The molecule has 6 nitrogen and oxygen atoms in total. The number of nitrogens with zero attached hydrogens (tertiary/aromatic N) is 1. The van der Waals surface area contributed by atoms with Crippen LogP contribution in [0.25, 0.3) is 0 Å². The zero-order chi connectivity index (χ0) is 15.3. The third-order valence-corrected chi connectivity index (χ3v) is 5.31. The van der Waals surface area contributed by atoms with E-state index in [2.05, 4.69) is 11.9 Å². The van der Waals surface area contributed by atoms with E-state index in [4.69, 9.17) is 0 Å². The summed E-state index contributed by atoms with van der Waals surface area (Å²) in [7, 11) is -4.30. The van der Waals surface area contributed by atoms with Gasteiger partial charge in [-0.05, 0) is 18.1 Å². The average molecular weight is 332 g/mol. The molecule has 0 amide bonds. The Morgan fingerprint density at radius 1 is 1.41 bits per heavy atom. The summed E-state index contributed by atoms with van der Waals surface area (Å²) in [4.78, 5) is 12.2. The Bertz CT molecular complexity index is 694. The Morgan fingerprint density at radius 2 is 2.05 bits per heavy atom. The van der Waals surface area contributed by atoms with Crippen LogP contribution >= 0.6 is 0 Å². The monoisotopic (exact) mass is 332 g/mol. The summed E-state index contributed by atoms with van der Waals surface area (Å²) < 4.78 is 32.9. The molecule has 0 radical (unpaired) electrons. The van der Waals surface area contributed by atoms with Gasteiger partial charge < -0.3 is 0 Å². The third-order valence-electron chi connectivity index (χ3n) is 4.34. The van der Waals surface area contributed by atoms with Crippen LogP contribution in [0.2, 0.25) is 0 Å². The average Bonchev–Trinajstić information content (AvgIpc) is 2.72. The maximum absolute atomic E-state index is 12.2. The molecule has 1 aromatic rings. The first kappa shape index (κ1) is 17.8. The predicted octanol–water partition coefficient (Wildman–Crippen LogP) is 0.0534. The molecule has 3 atom stereocenters. The first-order chi connectivity index (χ1) is 9.88. The fourth-order valence-electron chi connectivity index (χ4n) is 3.29. The van der Waals surface area contributed by atoms with Crippen LogP contribution < -0.4 is 5.32 Å². The third kappa shape index (κ3) is 2.71. The molecule has 2 N–H and O–H groups in total. The summed E-state index contributed by atoms with van der Waals surface area (Å²) in [5, 5.41) is 3.23. The quantitative estimate of drug-likeness (QED) is 0.462. The van der Waals surface area contributed by atoms with Crippen LogP contribution in [-0.4, -0.2) is 70.7 Å². The van der Waals surface area contributed by atoms with Crippen LogP contribution in [-0.2, 0) is 15.1 Å². The Morgan fingerprint density at radius 3 is 2.59 bits per heavy atom. The standard InChI is InChI=1S/C14H16N2O4S.Na.H/c1-2-13(17)14-9-16(21(18,19)20)12(14)8-11(15-14)10-6-4-3-5-7-10;;/h2-7,11-12,15H,1,8-9H2,(H,18,19,20);;/t11?,12-,14+;;/m1../s1. The number of nitrogens with one attached hydrogen (secondary N) is 1. The summed E-state index contributed by atoms with van der Waals surface area (Å²) in [5.74, 6) is -0.245. The van der Waals surface area contributed by atoms with E-state index in [1.165, 1.54) is 6.08 Å². The van der Waals surface area contributed by atoms with E-state index in [0.717, 1.165) is 9.87 Å². The molecule has 0 spiro atoms. The number of carbonyl (C=O) groups excluding carboxylic acids is 1. The Labute approximate surface area is 151 Å². The zero-order valence-electron chi connectivity index (χ0n) is 11.3. The summed E-state index contributed by atoms with van der Waals surface area (Å²) in [6.45, 7) is 3.42. The molecular formula is C14H17N2NaO4S. The van der Waals surface area contributed by atoms with E-state index < -0.39 is 21.9 Å². The minimum absolute atomic E-state index is 0. The van der Waals surface area contributed by atoms with E-state index in [1.807, 2.05) is 30.3 Å². The van der Waals surface area contributed by atoms with Crippen LogP contribution in [0, 0.1) is 0 Å². The van der Waals surface area contributed by atoms with Gasteiger partial charge in [0.05, 0.1) is 6.04 Å². The van der Waals surface area contributed by atoms with E-state index in [1.54, 1.807) is 0 Å². The number of carbonyl (C=O) groups is 1. The molecule has 0 aliphatic carbocycles. The van der Waals surface area contributed by atoms with Gasteiger partial charge in [0.2, 0.25) is 0 Å². The molecule has 1 unspecified atom stereocenters. The van der Waals surface area contributed by atoms with Crippen molar-refractivity contribution in [3.8, 4) is 0 Å². The fourth-order valence-corrected chi connectivity index (χ4v) is 4.25. The van der Waals surface area contributed by atoms with Gasteiger partial charge in [-0.15, -0.1) is 0 Å². The predicted molar refractivity (Wildman–Crippen MR) is 84.1 cm³/mol. The van der Waals surface area contributed by atoms with Gasteiger partial charge in [-0.2, -0.15) is 12.7 Å². The van der Waals surface area contributed by atoms with E-state index in [9.17, 15) is 17.8 Å². The molecule has 0 aromatic heterocycles. The first-order valence-corrected chi connectivity index (χ1v) is 8.02. The number of hydrogen-bond donors (Lipinski definition) is 2. The molecule has 1 aromatic carbocycles. The Balaban J connectivity index is 0.00000176. The summed E-state index contributed by atoms with van der Waals surface area (Å²) in [6.07, 6.45) is 1.64. The van der Waals surface area contributed by atoms with Crippen LogP contribution in [0.1, 0.15) is 18.0 Å². The molecule has 2 fully saturated rings. The van der Waals surface area contributed by atoms with Crippen molar-refractivity contribution < 1.29 is 17.8 Å². The maximum atomic E-state index is 12.2. The van der Waals surface area contributed by atoms with Crippen molar-refractivity contribution in [3.05, 3.63) is 48.6 Å². The van der Waals surface area contributed by atoms with Gasteiger partial charge in [0.1, 0.15) is 5.54 Å². The van der Waals surface area contributed by atoms with Gasteiger partial charge in [-0.1, -0.05) is 36.9 Å². The first-order valence-electron chi connectivity index (χ1n) is 6.62. The topological polar surface area (TPSA) is 86.7 Å². The Hall–Kier alpha value is -0.540. The van der Waals surface area contributed by atoms with Crippen LogP contribution in [0.15, 0.2) is 43.0 Å². The summed E-state index contributed by atoms with van der Waals surface area (Å²) >= 11 is 0. The van der Waals surface area contributed by atoms with Crippen LogP contribution in [0.3, 0.4) is 0 Å². The SMILES string of the molecule is C=CC(=O)[C@]12CN(S(=O)(=O)O)[C@@H]1CC(c1ccccc1)N2.[NaH]. The van der Waals surface area contributed by atoms with E-state index >= 15 is 0 Å². The van der Waals surface area contributed by atoms with Crippen molar-refractivity contribution in [3.63, 3.8) is 0 Å². The molecule has 2 saturated heterocycles. The molecule has 0 bridgehead atoms. The molecule has 8 heteroatoms. The second-order valence-corrected chi connectivity index (χ2v) is 6.79. The summed E-state index contributed by atoms with van der Waals surface area (Å²) in [5.41, 5.74) is 0.0105. The van der Waals surface area contributed by atoms with Crippen molar-refractivity contribution in [2.24, 2.45) is 0 Å². The molecule has 22 heavy (non-hydrogen) atoms. The second kappa shape index (κ2) is 6.16. The van der Waals surface area contributed by atoms with Crippen molar-refractivity contribution in [1.29, 1.82) is 0 Å². The fraction of sp³-hybridized carbons (Fsp3) is 0.357. The number of rotatable bonds is 4. The molecule has 2 heterocycles. The van der Waals surface area contributed by atoms with Gasteiger partial charge in [0.25, 0.3) is 0 Å².